The Morgan fingerprint density at radius 3 is 2.26 bits per heavy atom. The molecule has 1 unspecified atom stereocenters. The van der Waals surface area contributed by atoms with Crippen LogP contribution in [0.15, 0.2) is 82.6 Å². The minimum absolute atomic E-state index is 0.000157. The van der Waals surface area contributed by atoms with Gasteiger partial charge in [0.2, 0.25) is 15.7 Å². The van der Waals surface area contributed by atoms with Gasteiger partial charge in [0.15, 0.2) is 5.75 Å². The first-order valence-electron chi connectivity index (χ1n) is 11.2. The van der Waals surface area contributed by atoms with Gasteiger partial charge in [-0.3, -0.25) is 9.59 Å². The summed E-state index contributed by atoms with van der Waals surface area (Å²) in [6.07, 6.45) is 0.783. The van der Waals surface area contributed by atoms with Crippen molar-refractivity contribution in [1.82, 2.24) is 5.32 Å². The van der Waals surface area contributed by atoms with Crippen LogP contribution >= 0.6 is 0 Å². The Kier molecular flexibility index (Phi) is 8.48. The van der Waals surface area contributed by atoms with Crippen molar-refractivity contribution in [3.8, 4) is 5.75 Å². The van der Waals surface area contributed by atoms with Gasteiger partial charge >= 0.3 is 0 Å². The molecular formula is C26H29N3O5S. The van der Waals surface area contributed by atoms with E-state index in [9.17, 15) is 18.0 Å². The number of carbonyl (C=O) groups excluding carboxylic acids is 2. The van der Waals surface area contributed by atoms with Crippen LogP contribution in [0.4, 0.5) is 11.4 Å². The van der Waals surface area contributed by atoms with Crippen molar-refractivity contribution >= 4 is 33.0 Å². The van der Waals surface area contributed by atoms with Crippen LogP contribution in [-0.4, -0.2) is 39.9 Å². The molecule has 3 aromatic carbocycles. The van der Waals surface area contributed by atoms with E-state index in [4.69, 9.17) is 4.74 Å². The lowest BCUT2D eigenvalue weighted by molar-refractivity contribution is -0.114. The average Bonchev–Trinajstić information content (AvgIpc) is 2.87. The molecule has 0 aliphatic carbocycles. The number of amides is 2. The number of anilines is 2. The van der Waals surface area contributed by atoms with Crippen molar-refractivity contribution in [2.75, 3.05) is 24.3 Å². The number of para-hydroxylation sites is 2. The first-order chi connectivity index (χ1) is 16.8. The molecule has 0 spiro atoms. The Balaban J connectivity index is 1.76. The fourth-order valence-electron chi connectivity index (χ4n) is 3.37. The largest absolute Gasteiger partial charge is 0.493 e. The van der Waals surface area contributed by atoms with Gasteiger partial charge in [-0.05, 0) is 49.7 Å². The third-order valence-corrected chi connectivity index (χ3v) is 7.19. The lowest BCUT2D eigenvalue weighted by atomic mass is 10.1. The molecule has 0 fully saturated rings. The van der Waals surface area contributed by atoms with Crippen LogP contribution in [0.25, 0.3) is 0 Å². The van der Waals surface area contributed by atoms with E-state index in [1.165, 1.54) is 25.3 Å². The summed E-state index contributed by atoms with van der Waals surface area (Å²) in [6.45, 7) is 3.70. The Morgan fingerprint density at radius 2 is 1.57 bits per heavy atom. The lowest BCUT2D eigenvalue weighted by Crippen LogP contribution is -2.33. The maximum Gasteiger partial charge on any atom is 0.253 e. The van der Waals surface area contributed by atoms with Crippen LogP contribution < -0.4 is 20.7 Å². The summed E-state index contributed by atoms with van der Waals surface area (Å²) in [7, 11) is -2.46. The summed E-state index contributed by atoms with van der Waals surface area (Å²) >= 11 is 0. The molecule has 0 heterocycles. The maximum absolute atomic E-state index is 13.1. The van der Waals surface area contributed by atoms with Crippen LogP contribution in [0, 0.1) is 0 Å². The van der Waals surface area contributed by atoms with E-state index >= 15 is 0 Å². The Morgan fingerprint density at radius 1 is 0.914 bits per heavy atom. The average molecular weight is 496 g/mol. The Bertz CT molecular complexity index is 1290. The third-order valence-electron chi connectivity index (χ3n) is 5.40. The zero-order valence-corrected chi connectivity index (χ0v) is 20.7. The standard InChI is InChI=1S/C26H29N3O5S/c1-4-18(2)28-26(31)20-13-8-9-14-21(20)29-24(30)17-27-22-15-10-16-23(25(22)34-3)35(32,33)19-11-6-5-7-12-19/h5-16,18,27H,4,17H2,1-3H3,(H,28,31)(H,29,30). The smallest absolute Gasteiger partial charge is 0.253 e. The zero-order valence-electron chi connectivity index (χ0n) is 19.9. The number of benzene rings is 3. The van der Waals surface area contributed by atoms with E-state index in [2.05, 4.69) is 16.0 Å². The predicted molar refractivity (Wildman–Crippen MR) is 136 cm³/mol. The molecule has 0 aliphatic heterocycles. The number of hydrogen-bond acceptors (Lipinski definition) is 6. The lowest BCUT2D eigenvalue weighted by Gasteiger charge is -2.16. The first kappa shape index (κ1) is 25.8. The highest BCUT2D eigenvalue weighted by Gasteiger charge is 2.24. The van der Waals surface area contributed by atoms with Gasteiger partial charge in [0.05, 0.1) is 35.5 Å². The minimum atomic E-state index is -3.83. The van der Waals surface area contributed by atoms with Crippen LogP contribution in [0.5, 0.6) is 5.75 Å². The fraction of sp³-hybridized carbons (Fsp3) is 0.231. The summed E-state index contributed by atoms with van der Waals surface area (Å²) < 4.78 is 31.6. The van der Waals surface area contributed by atoms with Crippen LogP contribution in [0.3, 0.4) is 0 Å². The van der Waals surface area contributed by atoms with Crippen LogP contribution in [0.1, 0.15) is 30.6 Å². The number of sulfone groups is 1. The molecule has 0 radical (unpaired) electrons. The minimum Gasteiger partial charge on any atom is -0.493 e. The van der Waals surface area contributed by atoms with Crippen molar-refractivity contribution < 1.29 is 22.7 Å². The molecule has 0 saturated carbocycles. The molecule has 9 heteroatoms. The van der Waals surface area contributed by atoms with Crippen molar-refractivity contribution in [2.45, 2.75) is 36.1 Å². The molecule has 2 amide bonds. The highest BCUT2D eigenvalue weighted by molar-refractivity contribution is 7.91. The van der Waals surface area contributed by atoms with Gasteiger partial charge in [-0.25, -0.2) is 8.42 Å². The fourth-order valence-corrected chi connectivity index (χ4v) is 4.83. The molecule has 3 N–H and O–H groups in total. The summed E-state index contributed by atoms with van der Waals surface area (Å²) in [5.41, 5.74) is 1.09. The summed E-state index contributed by atoms with van der Waals surface area (Å²) in [4.78, 5) is 25.4. The van der Waals surface area contributed by atoms with E-state index < -0.39 is 15.7 Å². The number of ether oxygens (including phenoxy) is 1. The highest BCUT2D eigenvalue weighted by Crippen LogP contribution is 2.35. The van der Waals surface area contributed by atoms with Crippen LogP contribution in [-0.2, 0) is 14.6 Å². The molecule has 0 saturated heterocycles. The zero-order chi connectivity index (χ0) is 25.4. The molecule has 184 valence electrons. The van der Waals surface area contributed by atoms with E-state index in [0.717, 1.165) is 6.42 Å². The second-order valence-corrected chi connectivity index (χ2v) is 9.80. The Hall–Kier alpha value is -3.85. The summed E-state index contributed by atoms with van der Waals surface area (Å²) in [6, 6.07) is 19.5. The van der Waals surface area contributed by atoms with Gasteiger partial charge in [-0.2, -0.15) is 0 Å². The van der Waals surface area contributed by atoms with Gasteiger partial charge in [-0.1, -0.05) is 43.3 Å². The van der Waals surface area contributed by atoms with E-state index in [0.29, 0.717) is 16.9 Å². The third kappa shape index (κ3) is 6.19. The van der Waals surface area contributed by atoms with Crippen molar-refractivity contribution in [3.63, 3.8) is 0 Å². The molecule has 3 aromatic rings. The number of methoxy groups -OCH3 is 1. The van der Waals surface area contributed by atoms with Crippen molar-refractivity contribution in [3.05, 3.63) is 78.4 Å². The molecule has 35 heavy (non-hydrogen) atoms. The number of nitrogens with one attached hydrogen (secondary N) is 3. The maximum atomic E-state index is 13.1. The van der Waals surface area contributed by atoms with Crippen molar-refractivity contribution in [1.29, 1.82) is 0 Å². The van der Waals surface area contributed by atoms with Crippen LogP contribution in [0.2, 0.25) is 0 Å². The van der Waals surface area contributed by atoms with Gasteiger partial charge in [-0.15, -0.1) is 0 Å². The summed E-state index contributed by atoms with van der Waals surface area (Å²) in [5.74, 6) is -0.576. The molecule has 8 nitrogen and oxygen atoms in total. The van der Waals surface area contributed by atoms with E-state index in [1.807, 2.05) is 13.8 Å². The molecule has 0 bridgehead atoms. The second-order valence-electron chi connectivity index (χ2n) is 7.88. The van der Waals surface area contributed by atoms with E-state index in [-0.39, 0.29) is 34.0 Å². The predicted octanol–water partition coefficient (Wildman–Crippen LogP) is 4.11. The molecule has 1 atom stereocenters. The Labute approximate surface area is 205 Å². The molecule has 3 rings (SSSR count). The SMILES string of the molecule is CCC(C)NC(=O)c1ccccc1NC(=O)CNc1cccc(S(=O)(=O)c2ccccc2)c1OC. The van der Waals surface area contributed by atoms with Gasteiger partial charge < -0.3 is 20.7 Å². The summed E-state index contributed by atoms with van der Waals surface area (Å²) in [5, 5.41) is 8.56. The molecule has 0 aliphatic rings. The number of rotatable bonds is 10. The number of hydrogen-bond donors (Lipinski definition) is 3. The second kappa shape index (κ2) is 11.5. The van der Waals surface area contributed by atoms with Gasteiger partial charge in [0.1, 0.15) is 4.90 Å². The van der Waals surface area contributed by atoms with Crippen molar-refractivity contribution in [2.24, 2.45) is 0 Å². The topological polar surface area (TPSA) is 114 Å². The molecule has 0 aromatic heterocycles. The monoisotopic (exact) mass is 495 g/mol. The first-order valence-corrected chi connectivity index (χ1v) is 12.7. The number of carbonyl (C=O) groups is 2. The highest BCUT2D eigenvalue weighted by atomic mass is 32.2. The molecular weight excluding hydrogens is 466 g/mol. The van der Waals surface area contributed by atoms with Gasteiger partial charge in [0, 0.05) is 6.04 Å². The van der Waals surface area contributed by atoms with E-state index in [1.54, 1.807) is 54.6 Å². The normalized spacial score (nSPS) is 11.9. The quantitative estimate of drug-likeness (QED) is 0.390. The van der Waals surface area contributed by atoms with Gasteiger partial charge in [0.25, 0.3) is 5.91 Å².